The third-order valence-electron chi connectivity index (χ3n) is 2.61. The lowest BCUT2D eigenvalue weighted by molar-refractivity contribution is -0.380. The van der Waals surface area contributed by atoms with Gasteiger partial charge in [-0.2, -0.15) is 0 Å². The number of anilines is 1. The van der Waals surface area contributed by atoms with E-state index in [2.05, 4.69) is 5.32 Å². The first-order valence-corrected chi connectivity index (χ1v) is 6.67. The molecule has 0 saturated carbocycles. The van der Waals surface area contributed by atoms with Gasteiger partial charge < -0.3 is 10.4 Å². The lowest BCUT2D eigenvalue weighted by Gasteiger charge is -2.04. The maximum absolute atomic E-state index is 11.9. The van der Waals surface area contributed by atoms with Gasteiger partial charge in [0.25, 0.3) is 5.91 Å². The van der Waals surface area contributed by atoms with E-state index >= 15 is 0 Å². The summed E-state index contributed by atoms with van der Waals surface area (Å²) in [7, 11) is 0. The van der Waals surface area contributed by atoms with Gasteiger partial charge in [0.1, 0.15) is 0 Å². The molecule has 1 amide bonds. The van der Waals surface area contributed by atoms with Crippen molar-refractivity contribution in [3.63, 3.8) is 0 Å². The molecule has 7 heteroatoms. The molecule has 0 bridgehead atoms. The van der Waals surface area contributed by atoms with E-state index in [1.165, 1.54) is 12.1 Å². The number of nitrogens with one attached hydrogen (secondary N) is 1. The van der Waals surface area contributed by atoms with Crippen LogP contribution in [0.5, 0.6) is 0 Å². The molecule has 20 heavy (non-hydrogen) atoms. The summed E-state index contributed by atoms with van der Waals surface area (Å²) >= 11 is 0.835. The van der Waals surface area contributed by atoms with Crippen molar-refractivity contribution >= 4 is 27.9 Å². The normalized spacial score (nSPS) is 10.2. The molecule has 0 aliphatic carbocycles. The van der Waals surface area contributed by atoms with E-state index in [4.69, 9.17) is 5.11 Å². The van der Waals surface area contributed by atoms with Gasteiger partial charge in [-0.15, -0.1) is 0 Å². The Morgan fingerprint density at radius 1 is 1.25 bits per heavy atom. The Labute approximate surface area is 118 Å². The second-order valence-corrected chi connectivity index (χ2v) is 5.08. The molecule has 1 aromatic carbocycles. The van der Waals surface area contributed by atoms with E-state index in [0.29, 0.717) is 12.1 Å². The van der Waals surface area contributed by atoms with Gasteiger partial charge in [0.05, 0.1) is 9.80 Å². The first-order valence-electron chi connectivity index (χ1n) is 5.85. The highest BCUT2D eigenvalue weighted by Gasteiger charge is 2.15. The summed E-state index contributed by atoms with van der Waals surface area (Å²) in [4.78, 5) is 22.2. The van der Waals surface area contributed by atoms with Crippen LogP contribution in [-0.4, -0.2) is 22.5 Å². The molecule has 1 aromatic heterocycles. The average Bonchev–Trinajstić information content (AvgIpc) is 2.91. The number of hydrogen-bond donors (Lipinski definition) is 2. The zero-order valence-corrected chi connectivity index (χ0v) is 11.2. The summed E-state index contributed by atoms with van der Waals surface area (Å²) in [6.45, 7) is 0.0740. The van der Waals surface area contributed by atoms with Gasteiger partial charge in [0.2, 0.25) is 0 Å². The molecule has 1 heterocycles. The average molecular weight is 292 g/mol. The van der Waals surface area contributed by atoms with Crippen LogP contribution >= 0.6 is 11.3 Å². The van der Waals surface area contributed by atoms with Crippen molar-refractivity contribution in [3.05, 3.63) is 57.0 Å². The van der Waals surface area contributed by atoms with Crippen molar-refractivity contribution in [2.45, 2.75) is 6.42 Å². The summed E-state index contributed by atoms with van der Waals surface area (Å²) in [5.74, 6) is -0.377. The van der Waals surface area contributed by atoms with Crippen molar-refractivity contribution < 1.29 is 14.8 Å². The Morgan fingerprint density at radius 3 is 2.50 bits per heavy atom. The van der Waals surface area contributed by atoms with Gasteiger partial charge in [0, 0.05) is 18.4 Å². The molecule has 0 saturated heterocycles. The Balaban J connectivity index is 2.04. The highest BCUT2D eigenvalue weighted by molar-refractivity contribution is 7.17. The zero-order valence-electron chi connectivity index (χ0n) is 10.4. The molecule has 2 aromatic rings. The van der Waals surface area contributed by atoms with Crippen LogP contribution in [0.3, 0.4) is 0 Å². The number of aliphatic hydroxyl groups excluding tert-OH is 1. The largest absolute Gasteiger partial charge is 0.396 e. The number of carbonyl (C=O) groups is 1. The van der Waals surface area contributed by atoms with E-state index in [0.717, 1.165) is 16.9 Å². The molecule has 2 rings (SSSR count). The second kappa shape index (κ2) is 6.27. The van der Waals surface area contributed by atoms with Crippen molar-refractivity contribution in [2.75, 3.05) is 11.9 Å². The highest BCUT2D eigenvalue weighted by atomic mass is 32.1. The SMILES string of the molecule is O=C(Nc1ccc(CCO)cc1)c1ccc([N+](=O)[O-])s1. The minimum Gasteiger partial charge on any atom is -0.396 e. The summed E-state index contributed by atoms with van der Waals surface area (Å²) in [5.41, 5.74) is 1.57. The molecule has 0 aliphatic rings. The van der Waals surface area contributed by atoms with Gasteiger partial charge in [-0.3, -0.25) is 14.9 Å². The molecular formula is C13H12N2O4S. The Hall–Kier alpha value is -2.25. The fourth-order valence-electron chi connectivity index (χ4n) is 1.62. The predicted octanol–water partition coefficient (Wildman–Crippen LogP) is 2.44. The quantitative estimate of drug-likeness (QED) is 0.654. The standard InChI is InChI=1S/C13H12N2O4S/c16-8-7-9-1-3-10(4-2-9)14-13(17)11-5-6-12(20-11)15(18)19/h1-6,16H,7-8H2,(H,14,17). The topological polar surface area (TPSA) is 92.5 Å². The molecule has 6 nitrogen and oxygen atoms in total. The van der Waals surface area contributed by atoms with Crippen LogP contribution in [-0.2, 0) is 6.42 Å². The van der Waals surface area contributed by atoms with E-state index in [1.807, 2.05) is 12.1 Å². The highest BCUT2D eigenvalue weighted by Crippen LogP contribution is 2.24. The lowest BCUT2D eigenvalue weighted by atomic mass is 10.1. The Kier molecular flexibility index (Phi) is 4.44. The van der Waals surface area contributed by atoms with Gasteiger partial charge in [-0.1, -0.05) is 23.5 Å². The fourth-order valence-corrected chi connectivity index (χ4v) is 2.34. The summed E-state index contributed by atoms with van der Waals surface area (Å²) < 4.78 is 0. The number of amides is 1. The predicted molar refractivity (Wildman–Crippen MR) is 76.2 cm³/mol. The van der Waals surface area contributed by atoms with Crippen molar-refractivity contribution in [1.82, 2.24) is 0 Å². The number of hydrogen-bond acceptors (Lipinski definition) is 5. The molecule has 0 radical (unpaired) electrons. The third kappa shape index (κ3) is 3.40. The molecule has 0 aliphatic heterocycles. The number of nitrogens with zero attached hydrogens (tertiary/aromatic N) is 1. The molecule has 2 N–H and O–H groups in total. The number of carbonyl (C=O) groups excluding carboxylic acids is 1. The van der Waals surface area contributed by atoms with Gasteiger partial charge in [0.15, 0.2) is 0 Å². The molecule has 0 fully saturated rings. The fraction of sp³-hybridized carbons (Fsp3) is 0.154. The van der Waals surface area contributed by atoms with Crippen LogP contribution in [0.15, 0.2) is 36.4 Å². The van der Waals surface area contributed by atoms with Gasteiger partial charge >= 0.3 is 5.00 Å². The smallest absolute Gasteiger partial charge is 0.324 e. The molecular weight excluding hydrogens is 280 g/mol. The number of thiophene rings is 1. The Bertz CT molecular complexity index is 622. The maximum Gasteiger partial charge on any atom is 0.324 e. The minimum atomic E-state index is -0.523. The number of nitro groups is 1. The van der Waals surface area contributed by atoms with E-state index in [9.17, 15) is 14.9 Å². The van der Waals surface area contributed by atoms with Gasteiger partial charge in [-0.05, 0) is 30.2 Å². The van der Waals surface area contributed by atoms with Gasteiger partial charge in [-0.25, -0.2) is 0 Å². The monoisotopic (exact) mass is 292 g/mol. The van der Waals surface area contributed by atoms with E-state index in [1.54, 1.807) is 12.1 Å². The molecule has 0 unspecified atom stereocenters. The first-order chi connectivity index (χ1) is 9.60. The first kappa shape index (κ1) is 14.2. The van der Waals surface area contributed by atoms with Crippen LogP contribution in [0.25, 0.3) is 0 Å². The summed E-state index contributed by atoms with van der Waals surface area (Å²) in [6, 6.07) is 9.81. The van der Waals surface area contributed by atoms with Crippen molar-refractivity contribution in [1.29, 1.82) is 0 Å². The Morgan fingerprint density at radius 2 is 1.95 bits per heavy atom. The summed E-state index contributed by atoms with van der Waals surface area (Å²) in [6.07, 6.45) is 0.561. The van der Waals surface area contributed by atoms with Crippen molar-refractivity contribution in [2.24, 2.45) is 0 Å². The number of benzene rings is 1. The zero-order chi connectivity index (χ0) is 14.5. The van der Waals surface area contributed by atoms with E-state index < -0.39 is 4.92 Å². The number of rotatable bonds is 5. The maximum atomic E-state index is 11.9. The van der Waals surface area contributed by atoms with Crippen LogP contribution in [0.1, 0.15) is 15.2 Å². The van der Waals surface area contributed by atoms with Crippen LogP contribution in [0, 0.1) is 10.1 Å². The van der Waals surface area contributed by atoms with Crippen LogP contribution in [0.4, 0.5) is 10.7 Å². The van der Waals surface area contributed by atoms with Crippen LogP contribution in [0.2, 0.25) is 0 Å². The van der Waals surface area contributed by atoms with E-state index in [-0.39, 0.29) is 22.4 Å². The molecule has 104 valence electrons. The van der Waals surface area contributed by atoms with Crippen LogP contribution < -0.4 is 5.32 Å². The minimum absolute atomic E-state index is 0.0616. The lowest BCUT2D eigenvalue weighted by Crippen LogP contribution is -2.10. The summed E-state index contributed by atoms with van der Waals surface area (Å²) in [5, 5.41) is 22.0. The molecule has 0 atom stereocenters. The molecule has 0 spiro atoms. The second-order valence-electron chi connectivity index (χ2n) is 4.02. The van der Waals surface area contributed by atoms with Crippen molar-refractivity contribution in [3.8, 4) is 0 Å². The number of aliphatic hydroxyl groups is 1. The third-order valence-corrected chi connectivity index (χ3v) is 3.64.